The lowest BCUT2D eigenvalue weighted by Gasteiger charge is -2.21. The van der Waals surface area contributed by atoms with Crippen molar-refractivity contribution in [3.63, 3.8) is 0 Å². The number of pyridine rings is 1. The molecular weight excluding hydrogens is 354 g/mol. The SMILES string of the molecule is O=C(CCc1ccc2c(c1)OCO2)NCc1ccc(N2CCCCCC2)nc1. The maximum Gasteiger partial charge on any atom is 0.231 e. The standard InChI is InChI=1S/C22H27N3O3/c26-22(10-7-17-5-8-19-20(13-17)28-16-27-19)24-15-18-6-9-21(23-14-18)25-11-3-1-2-4-12-25/h5-6,8-9,13-14H,1-4,7,10-12,15-16H2,(H,24,26). The number of amides is 1. The van der Waals surface area contributed by atoms with Gasteiger partial charge in [-0.2, -0.15) is 0 Å². The lowest BCUT2D eigenvalue weighted by molar-refractivity contribution is -0.121. The van der Waals surface area contributed by atoms with Gasteiger partial charge in [0.1, 0.15) is 5.82 Å². The third-order valence-corrected chi connectivity index (χ3v) is 5.31. The van der Waals surface area contributed by atoms with Crippen molar-refractivity contribution >= 4 is 11.7 Å². The van der Waals surface area contributed by atoms with Crippen LogP contribution < -0.4 is 19.7 Å². The Morgan fingerprint density at radius 1 is 1.00 bits per heavy atom. The summed E-state index contributed by atoms with van der Waals surface area (Å²) in [4.78, 5) is 19.1. The Morgan fingerprint density at radius 3 is 2.57 bits per heavy atom. The van der Waals surface area contributed by atoms with Crippen LogP contribution in [0.3, 0.4) is 0 Å². The fourth-order valence-electron chi connectivity index (χ4n) is 3.65. The van der Waals surface area contributed by atoms with Gasteiger partial charge in [0.05, 0.1) is 0 Å². The molecule has 1 fully saturated rings. The van der Waals surface area contributed by atoms with Gasteiger partial charge in [0.25, 0.3) is 0 Å². The van der Waals surface area contributed by atoms with Crippen LogP contribution in [0.25, 0.3) is 0 Å². The normalized spacial score (nSPS) is 15.9. The molecule has 1 amide bonds. The first kappa shape index (κ1) is 18.6. The van der Waals surface area contributed by atoms with Crippen LogP contribution in [-0.4, -0.2) is 30.8 Å². The Kier molecular flexibility index (Phi) is 5.95. The van der Waals surface area contributed by atoms with Crippen molar-refractivity contribution in [2.45, 2.75) is 45.1 Å². The lowest BCUT2D eigenvalue weighted by atomic mass is 10.1. The van der Waals surface area contributed by atoms with Gasteiger partial charge in [0.15, 0.2) is 11.5 Å². The molecule has 0 radical (unpaired) electrons. The average Bonchev–Trinajstić information content (AvgIpc) is 3.03. The zero-order valence-corrected chi connectivity index (χ0v) is 16.2. The number of hydrogen-bond donors (Lipinski definition) is 1. The van der Waals surface area contributed by atoms with Gasteiger partial charge in [-0.25, -0.2) is 4.98 Å². The number of nitrogens with zero attached hydrogens (tertiary/aromatic N) is 2. The van der Waals surface area contributed by atoms with Crippen LogP contribution in [0.2, 0.25) is 0 Å². The van der Waals surface area contributed by atoms with E-state index < -0.39 is 0 Å². The van der Waals surface area contributed by atoms with Gasteiger partial charge in [0.2, 0.25) is 12.7 Å². The molecule has 0 atom stereocenters. The summed E-state index contributed by atoms with van der Waals surface area (Å²) in [5, 5.41) is 2.98. The van der Waals surface area contributed by atoms with Gasteiger partial charge in [-0.1, -0.05) is 25.0 Å². The third-order valence-electron chi connectivity index (χ3n) is 5.31. The van der Waals surface area contributed by atoms with E-state index in [1.807, 2.05) is 24.4 Å². The Hall–Kier alpha value is -2.76. The van der Waals surface area contributed by atoms with E-state index in [1.165, 1.54) is 25.7 Å². The first-order chi connectivity index (χ1) is 13.8. The van der Waals surface area contributed by atoms with Crippen molar-refractivity contribution in [1.29, 1.82) is 0 Å². The molecule has 0 unspecified atom stereocenters. The van der Waals surface area contributed by atoms with Gasteiger partial charge in [-0.3, -0.25) is 4.79 Å². The van der Waals surface area contributed by atoms with E-state index in [1.54, 1.807) is 0 Å². The van der Waals surface area contributed by atoms with E-state index in [9.17, 15) is 4.79 Å². The van der Waals surface area contributed by atoms with Crippen molar-refractivity contribution in [3.8, 4) is 11.5 Å². The average molecular weight is 381 g/mol. The summed E-state index contributed by atoms with van der Waals surface area (Å²) < 4.78 is 10.7. The summed E-state index contributed by atoms with van der Waals surface area (Å²) in [6, 6.07) is 9.95. The molecule has 0 saturated carbocycles. The Labute approximate surface area is 165 Å². The number of hydrogen-bond acceptors (Lipinski definition) is 5. The van der Waals surface area contributed by atoms with E-state index >= 15 is 0 Å². The molecule has 0 aliphatic carbocycles. The molecule has 0 spiro atoms. The molecular formula is C22H27N3O3. The van der Waals surface area contributed by atoms with E-state index in [2.05, 4.69) is 27.3 Å². The fraction of sp³-hybridized carbons (Fsp3) is 0.455. The summed E-state index contributed by atoms with van der Waals surface area (Å²) in [5.41, 5.74) is 2.10. The van der Waals surface area contributed by atoms with Crippen molar-refractivity contribution < 1.29 is 14.3 Å². The molecule has 28 heavy (non-hydrogen) atoms. The summed E-state index contributed by atoms with van der Waals surface area (Å²) in [6.45, 7) is 2.95. The first-order valence-corrected chi connectivity index (χ1v) is 10.1. The predicted molar refractivity (Wildman–Crippen MR) is 108 cm³/mol. The minimum atomic E-state index is 0.0364. The number of fused-ring (bicyclic) bond motifs is 1. The van der Waals surface area contributed by atoms with Crippen LogP contribution in [0, 0.1) is 0 Å². The topological polar surface area (TPSA) is 63.7 Å². The van der Waals surface area contributed by atoms with E-state index in [0.29, 0.717) is 19.4 Å². The number of anilines is 1. The van der Waals surface area contributed by atoms with Crippen LogP contribution in [0.1, 0.15) is 43.2 Å². The second-order valence-corrected chi connectivity index (χ2v) is 7.39. The van der Waals surface area contributed by atoms with E-state index in [-0.39, 0.29) is 12.7 Å². The maximum absolute atomic E-state index is 12.2. The number of carbonyl (C=O) groups is 1. The van der Waals surface area contributed by atoms with Gasteiger partial charge >= 0.3 is 0 Å². The van der Waals surface area contributed by atoms with Gasteiger partial charge in [-0.05, 0) is 48.6 Å². The highest BCUT2D eigenvalue weighted by molar-refractivity contribution is 5.76. The monoisotopic (exact) mass is 381 g/mol. The zero-order valence-electron chi connectivity index (χ0n) is 16.2. The molecule has 2 aromatic rings. The maximum atomic E-state index is 12.2. The molecule has 4 rings (SSSR count). The smallest absolute Gasteiger partial charge is 0.231 e. The minimum Gasteiger partial charge on any atom is -0.454 e. The van der Waals surface area contributed by atoms with Crippen LogP contribution in [-0.2, 0) is 17.8 Å². The molecule has 2 aliphatic heterocycles. The van der Waals surface area contributed by atoms with Gasteiger partial charge in [0, 0.05) is 32.3 Å². The van der Waals surface area contributed by atoms with Gasteiger partial charge < -0.3 is 19.7 Å². The van der Waals surface area contributed by atoms with Crippen molar-refractivity contribution in [2.24, 2.45) is 0 Å². The number of aryl methyl sites for hydroxylation is 1. The number of aromatic nitrogens is 1. The molecule has 6 nitrogen and oxygen atoms in total. The fourth-order valence-corrected chi connectivity index (χ4v) is 3.65. The molecule has 1 aromatic heterocycles. The van der Waals surface area contributed by atoms with Crippen LogP contribution in [0.5, 0.6) is 11.5 Å². The van der Waals surface area contributed by atoms with E-state index in [0.717, 1.165) is 41.5 Å². The number of ether oxygens (including phenoxy) is 2. The van der Waals surface area contributed by atoms with E-state index in [4.69, 9.17) is 9.47 Å². The first-order valence-electron chi connectivity index (χ1n) is 10.1. The zero-order chi connectivity index (χ0) is 19.2. The van der Waals surface area contributed by atoms with Crippen molar-refractivity contribution in [2.75, 3.05) is 24.8 Å². The third kappa shape index (κ3) is 4.74. The highest BCUT2D eigenvalue weighted by Gasteiger charge is 2.14. The number of rotatable bonds is 6. The molecule has 2 aliphatic rings. The molecule has 1 aromatic carbocycles. The second-order valence-electron chi connectivity index (χ2n) is 7.39. The molecule has 6 heteroatoms. The van der Waals surface area contributed by atoms with Crippen LogP contribution in [0.15, 0.2) is 36.5 Å². The Morgan fingerprint density at radius 2 is 1.79 bits per heavy atom. The second kappa shape index (κ2) is 8.95. The molecule has 0 bridgehead atoms. The quantitative estimate of drug-likeness (QED) is 0.830. The molecule has 148 valence electrons. The van der Waals surface area contributed by atoms with Gasteiger partial charge in [-0.15, -0.1) is 0 Å². The summed E-state index contributed by atoms with van der Waals surface area (Å²) in [6.07, 6.45) is 8.09. The minimum absolute atomic E-state index is 0.0364. The highest BCUT2D eigenvalue weighted by Crippen LogP contribution is 2.32. The summed E-state index contributed by atoms with van der Waals surface area (Å²) >= 11 is 0. The molecule has 3 heterocycles. The number of benzene rings is 1. The molecule has 1 saturated heterocycles. The predicted octanol–water partition coefficient (Wildman–Crippen LogP) is 3.44. The van der Waals surface area contributed by atoms with Crippen molar-refractivity contribution in [3.05, 3.63) is 47.7 Å². The number of nitrogens with one attached hydrogen (secondary N) is 1. The van der Waals surface area contributed by atoms with Crippen molar-refractivity contribution in [1.82, 2.24) is 10.3 Å². The highest BCUT2D eigenvalue weighted by atomic mass is 16.7. The summed E-state index contributed by atoms with van der Waals surface area (Å²) in [5.74, 6) is 2.60. The largest absolute Gasteiger partial charge is 0.454 e. The Balaban J connectivity index is 1.23. The summed E-state index contributed by atoms with van der Waals surface area (Å²) in [7, 11) is 0. The number of carbonyl (C=O) groups excluding carboxylic acids is 1. The Bertz CT molecular complexity index is 799. The van der Waals surface area contributed by atoms with Crippen LogP contribution >= 0.6 is 0 Å². The van der Waals surface area contributed by atoms with Crippen LogP contribution in [0.4, 0.5) is 5.82 Å². The lowest BCUT2D eigenvalue weighted by Crippen LogP contribution is -2.25. The molecule has 1 N–H and O–H groups in total.